The Hall–Kier alpha value is -0.120. The van der Waals surface area contributed by atoms with Gasteiger partial charge in [0.15, 0.2) is 0 Å². The Morgan fingerprint density at radius 1 is 1.24 bits per heavy atom. The summed E-state index contributed by atoms with van der Waals surface area (Å²) in [6.45, 7) is 7.14. The molecule has 0 amide bonds. The average Bonchev–Trinajstić information content (AvgIpc) is 2.69. The molecular weight excluding hydrogens is 212 g/mol. The molecule has 1 aliphatic carbocycles. The van der Waals surface area contributed by atoms with E-state index in [1.165, 1.54) is 38.5 Å². The van der Waals surface area contributed by atoms with Gasteiger partial charge in [-0.3, -0.25) is 0 Å². The highest BCUT2D eigenvalue weighted by molar-refractivity contribution is 5.11. The summed E-state index contributed by atoms with van der Waals surface area (Å²) in [5, 5.41) is 3.87. The SMILES string of the molecule is CCC(C)NC1(CN)CCCC12CCOCC2. The van der Waals surface area contributed by atoms with Gasteiger partial charge in [0.1, 0.15) is 0 Å². The lowest BCUT2D eigenvalue weighted by molar-refractivity contribution is -0.0281. The van der Waals surface area contributed by atoms with E-state index in [0.29, 0.717) is 11.5 Å². The summed E-state index contributed by atoms with van der Waals surface area (Å²) in [4.78, 5) is 0. The van der Waals surface area contributed by atoms with Gasteiger partial charge in [-0.15, -0.1) is 0 Å². The van der Waals surface area contributed by atoms with Crippen molar-refractivity contribution in [1.82, 2.24) is 5.32 Å². The molecule has 2 atom stereocenters. The second-order valence-electron chi connectivity index (χ2n) is 5.99. The summed E-state index contributed by atoms with van der Waals surface area (Å²) in [5.74, 6) is 0. The van der Waals surface area contributed by atoms with Crippen LogP contribution in [0.5, 0.6) is 0 Å². The van der Waals surface area contributed by atoms with Gasteiger partial charge in [-0.1, -0.05) is 13.3 Å². The third-order valence-electron chi connectivity index (χ3n) is 5.21. The monoisotopic (exact) mass is 240 g/mol. The van der Waals surface area contributed by atoms with Gasteiger partial charge in [0.05, 0.1) is 0 Å². The van der Waals surface area contributed by atoms with Crippen LogP contribution in [-0.4, -0.2) is 31.3 Å². The van der Waals surface area contributed by atoms with Crippen LogP contribution in [0.25, 0.3) is 0 Å². The highest BCUT2D eigenvalue weighted by Gasteiger charge is 2.54. The highest BCUT2D eigenvalue weighted by Crippen LogP contribution is 2.52. The molecule has 0 aromatic heterocycles. The van der Waals surface area contributed by atoms with Crippen LogP contribution in [0.15, 0.2) is 0 Å². The van der Waals surface area contributed by atoms with Gasteiger partial charge in [-0.05, 0) is 44.4 Å². The Labute approximate surface area is 105 Å². The van der Waals surface area contributed by atoms with Crippen molar-refractivity contribution in [3.63, 3.8) is 0 Å². The Balaban J connectivity index is 2.18. The second-order valence-corrected chi connectivity index (χ2v) is 5.99. The van der Waals surface area contributed by atoms with Crippen molar-refractivity contribution in [1.29, 1.82) is 0 Å². The number of nitrogens with two attached hydrogens (primary N) is 1. The van der Waals surface area contributed by atoms with Crippen LogP contribution < -0.4 is 11.1 Å². The van der Waals surface area contributed by atoms with Crippen molar-refractivity contribution in [2.75, 3.05) is 19.8 Å². The summed E-state index contributed by atoms with van der Waals surface area (Å²) in [7, 11) is 0. The molecule has 3 nitrogen and oxygen atoms in total. The molecule has 1 aliphatic heterocycles. The van der Waals surface area contributed by atoms with Gasteiger partial charge >= 0.3 is 0 Å². The fourth-order valence-corrected chi connectivity index (χ4v) is 3.90. The molecule has 2 aliphatic rings. The first-order valence-corrected chi connectivity index (χ1v) is 7.23. The van der Waals surface area contributed by atoms with E-state index in [9.17, 15) is 0 Å². The molecule has 2 fully saturated rings. The quantitative estimate of drug-likeness (QED) is 0.790. The first-order chi connectivity index (χ1) is 8.18. The van der Waals surface area contributed by atoms with E-state index in [0.717, 1.165) is 19.8 Å². The molecule has 100 valence electrons. The second kappa shape index (κ2) is 5.25. The molecule has 3 heteroatoms. The van der Waals surface area contributed by atoms with Gasteiger partial charge in [0.25, 0.3) is 0 Å². The molecule has 0 bridgehead atoms. The third kappa shape index (κ3) is 2.25. The number of hydrogen-bond donors (Lipinski definition) is 2. The maximum Gasteiger partial charge on any atom is 0.0472 e. The predicted molar refractivity (Wildman–Crippen MR) is 71.0 cm³/mol. The molecular formula is C14H28N2O. The molecule has 1 spiro atoms. The summed E-state index contributed by atoms with van der Waals surface area (Å²) in [6.07, 6.45) is 7.45. The van der Waals surface area contributed by atoms with Crippen LogP contribution in [0.3, 0.4) is 0 Å². The van der Waals surface area contributed by atoms with E-state index in [-0.39, 0.29) is 5.54 Å². The minimum absolute atomic E-state index is 0.173. The van der Waals surface area contributed by atoms with E-state index in [1.807, 2.05) is 0 Å². The summed E-state index contributed by atoms with van der Waals surface area (Å²) < 4.78 is 5.56. The van der Waals surface area contributed by atoms with Crippen molar-refractivity contribution in [2.24, 2.45) is 11.1 Å². The standard InChI is InChI=1S/C14H28N2O/c1-3-12(2)16-14(11-15)6-4-5-13(14)7-9-17-10-8-13/h12,16H,3-11,15H2,1-2H3. The first-order valence-electron chi connectivity index (χ1n) is 7.23. The lowest BCUT2D eigenvalue weighted by Gasteiger charge is -2.49. The zero-order chi connectivity index (χ0) is 12.4. The van der Waals surface area contributed by atoms with Crippen molar-refractivity contribution in [3.05, 3.63) is 0 Å². The normalized spacial score (nSPS) is 34.1. The Morgan fingerprint density at radius 3 is 2.53 bits per heavy atom. The van der Waals surface area contributed by atoms with Gasteiger partial charge in [-0.2, -0.15) is 0 Å². The minimum atomic E-state index is 0.173. The molecule has 17 heavy (non-hydrogen) atoms. The smallest absolute Gasteiger partial charge is 0.0472 e. The minimum Gasteiger partial charge on any atom is -0.381 e. The van der Waals surface area contributed by atoms with Crippen LogP contribution in [0.2, 0.25) is 0 Å². The van der Waals surface area contributed by atoms with Crippen molar-refractivity contribution >= 4 is 0 Å². The molecule has 0 aromatic carbocycles. The van der Waals surface area contributed by atoms with E-state index in [2.05, 4.69) is 19.2 Å². The number of rotatable bonds is 4. The van der Waals surface area contributed by atoms with Crippen molar-refractivity contribution < 1.29 is 4.74 Å². The summed E-state index contributed by atoms with van der Waals surface area (Å²) in [5.41, 5.74) is 6.75. The number of hydrogen-bond acceptors (Lipinski definition) is 3. The Bertz CT molecular complexity index is 251. The van der Waals surface area contributed by atoms with Crippen LogP contribution >= 0.6 is 0 Å². The van der Waals surface area contributed by atoms with Crippen LogP contribution in [-0.2, 0) is 4.74 Å². The number of nitrogens with one attached hydrogen (secondary N) is 1. The van der Waals surface area contributed by atoms with Gasteiger partial charge < -0.3 is 15.8 Å². The van der Waals surface area contributed by atoms with Crippen LogP contribution in [0.4, 0.5) is 0 Å². The Morgan fingerprint density at radius 2 is 1.94 bits per heavy atom. The van der Waals surface area contributed by atoms with E-state index in [1.54, 1.807) is 0 Å². The zero-order valence-corrected chi connectivity index (χ0v) is 11.4. The molecule has 1 saturated heterocycles. The topological polar surface area (TPSA) is 47.3 Å². The lowest BCUT2D eigenvalue weighted by Crippen LogP contribution is -2.63. The fraction of sp³-hybridized carbons (Fsp3) is 1.00. The van der Waals surface area contributed by atoms with Gasteiger partial charge in [0, 0.05) is 31.3 Å². The summed E-state index contributed by atoms with van der Waals surface area (Å²) >= 11 is 0. The predicted octanol–water partition coefficient (Wildman–Crippen LogP) is 2.05. The molecule has 2 rings (SSSR count). The van der Waals surface area contributed by atoms with E-state index < -0.39 is 0 Å². The maximum absolute atomic E-state index is 6.17. The van der Waals surface area contributed by atoms with E-state index >= 15 is 0 Å². The largest absolute Gasteiger partial charge is 0.381 e. The van der Waals surface area contributed by atoms with Crippen molar-refractivity contribution in [3.8, 4) is 0 Å². The fourth-order valence-electron chi connectivity index (χ4n) is 3.90. The van der Waals surface area contributed by atoms with Crippen molar-refractivity contribution in [2.45, 2.75) is 64.0 Å². The number of ether oxygens (including phenoxy) is 1. The average molecular weight is 240 g/mol. The van der Waals surface area contributed by atoms with Gasteiger partial charge in [0.2, 0.25) is 0 Å². The molecule has 0 aromatic rings. The van der Waals surface area contributed by atoms with E-state index in [4.69, 9.17) is 10.5 Å². The lowest BCUT2D eigenvalue weighted by atomic mass is 9.66. The highest BCUT2D eigenvalue weighted by atomic mass is 16.5. The van der Waals surface area contributed by atoms with Crippen LogP contribution in [0, 0.1) is 5.41 Å². The Kier molecular flexibility index (Phi) is 4.11. The molecule has 1 saturated carbocycles. The third-order valence-corrected chi connectivity index (χ3v) is 5.21. The molecule has 1 heterocycles. The van der Waals surface area contributed by atoms with Crippen LogP contribution in [0.1, 0.15) is 52.4 Å². The van der Waals surface area contributed by atoms with Gasteiger partial charge in [-0.25, -0.2) is 0 Å². The molecule has 3 N–H and O–H groups in total. The summed E-state index contributed by atoms with van der Waals surface area (Å²) in [6, 6.07) is 0.566. The molecule has 2 unspecified atom stereocenters. The first kappa shape index (κ1) is 13.3. The molecule has 0 radical (unpaired) electrons. The zero-order valence-electron chi connectivity index (χ0n) is 11.4. The maximum atomic E-state index is 6.17.